The Kier molecular flexibility index (Phi) is 5.26. The molecule has 0 bridgehead atoms. The molecule has 0 aliphatic carbocycles. The standard InChI is InChI=1S/C19H17FN2O4/c1-2-25-19(24)12-6-8-15(9-7-12)21-18(23)17-11-16(22-26-17)13-4-3-5-14(20)10-13/h3-10,17H,2,11H2,1H3,(H,21,23). The number of halogens is 1. The number of oxime groups is 1. The average molecular weight is 356 g/mol. The molecule has 0 saturated heterocycles. The van der Waals surface area contributed by atoms with Crippen molar-refractivity contribution in [1.29, 1.82) is 0 Å². The summed E-state index contributed by atoms with van der Waals surface area (Å²) in [6.07, 6.45) is -0.547. The summed E-state index contributed by atoms with van der Waals surface area (Å²) in [6.45, 7) is 2.03. The normalized spacial score (nSPS) is 15.8. The van der Waals surface area contributed by atoms with E-state index in [0.29, 0.717) is 29.1 Å². The zero-order valence-electron chi connectivity index (χ0n) is 14.1. The second kappa shape index (κ2) is 7.77. The van der Waals surface area contributed by atoms with Crippen molar-refractivity contribution >= 4 is 23.3 Å². The lowest BCUT2D eigenvalue weighted by molar-refractivity contribution is -0.125. The maximum absolute atomic E-state index is 13.3. The zero-order chi connectivity index (χ0) is 18.5. The Hall–Kier alpha value is -3.22. The molecule has 0 aromatic heterocycles. The summed E-state index contributed by atoms with van der Waals surface area (Å²) in [6, 6.07) is 12.3. The van der Waals surface area contributed by atoms with Gasteiger partial charge < -0.3 is 14.9 Å². The van der Waals surface area contributed by atoms with E-state index >= 15 is 0 Å². The number of ether oxygens (including phenoxy) is 1. The average Bonchev–Trinajstić information content (AvgIpc) is 3.13. The van der Waals surface area contributed by atoms with Gasteiger partial charge in [0.1, 0.15) is 5.82 Å². The third-order valence-electron chi connectivity index (χ3n) is 3.78. The van der Waals surface area contributed by atoms with Crippen molar-refractivity contribution in [2.75, 3.05) is 11.9 Å². The smallest absolute Gasteiger partial charge is 0.338 e. The SMILES string of the molecule is CCOC(=O)c1ccc(NC(=O)C2CC(c3cccc(F)c3)=NO2)cc1. The first kappa shape index (κ1) is 17.6. The lowest BCUT2D eigenvalue weighted by Gasteiger charge is -2.10. The van der Waals surface area contributed by atoms with Gasteiger partial charge in [-0.15, -0.1) is 0 Å². The maximum Gasteiger partial charge on any atom is 0.338 e. The molecule has 1 unspecified atom stereocenters. The Balaban J connectivity index is 1.59. The first-order valence-electron chi connectivity index (χ1n) is 8.13. The third kappa shape index (κ3) is 4.05. The minimum atomic E-state index is -0.794. The number of anilines is 1. The molecule has 1 amide bonds. The highest BCUT2D eigenvalue weighted by atomic mass is 19.1. The van der Waals surface area contributed by atoms with E-state index in [-0.39, 0.29) is 18.1 Å². The Bertz CT molecular complexity index is 849. The molecule has 0 fully saturated rings. The highest BCUT2D eigenvalue weighted by molar-refractivity contribution is 6.06. The van der Waals surface area contributed by atoms with Crippen LogP contribution in [0, 0.1) is 5.82 Å². The van der Waals surface area contributed by atoms with Crippen LogP contribution in [0.5, 0.6) is 0 Å². The molecule has 1 aliphatic rings. The van der Waals surface area contributed by atoms with Gasteiger partial charge in [0.2, 0.25) is 6.10 Å². The second-order valence-electron chi connectivity index (χ2n) is 5.63. The van der Waals surface area contributed by atoms with Crippen LogP contribution in [0.4, 0.5) is 10.1 Å². The number of benzene rings is 2. The van der Waals surface area contributed by atoms with Crippen molar-refractivity contribution in [3.63, 3.8) is 0 Å². The number of nitrogens with zero attached hydrogens (tertiary/aromatic N) is 1. The summed E-state index contributed by atoms with van der Waals surface area (Å²) < 4.78 is 18.2. The number of rotatable bonds is 5. The van der Waals surface area contributed by atoms with Crippen LogP contribution >= 0.6 is 0 Å². The summed E-state index contributed by atoms with van der Waals surface area (Å²) in [5.74, 6) is -1.17. The molecule has 0 radical (unpaired) electrons. The Morgan fingerprint density at radius 3 is 2.73 bits per heavy atom. The van der Waals surface area contributed by atoms with E-state index in [9.17, 15) is 14.0 Å². The molecule has 7 heteroatoms. The molecule has 0 saturated carbocycles. The molecule has 1 aliphatic heterocycles. The van der Waals surface area contributed by atoms with Gasteiger partial charge in [-0.05, 0) is 43.3 Å². The van der Waals surface area contributed by atoms with E-state index in [0.717, 1.165) is 0 Å². The minimum absolute atomic E-state index is 0.246. The summed E-state index contributed by atoms with van der Waals surface area (Å²) in [4.78, 5) is 29.1. The molecule has 1 atom stereocenters. The number of amides is 1. The summed E-state index contributed by atoms with van der Waals surface area (Å²) in [7, 11) is 0. The molecular weight excluding hydrogens is 339 g/mol. The predicted octanol–water partition coefficient (Wildman–Crippen LogP) is 3.13. The molecule has 1 heterocycles. The van der Waals surface area contributed by atoms with Crippen molar-refractivity contribution in [2.24, 2.45) is 5.16 Å². The summed E-state index contributed by atoms with van der Waals surface area (Å²) >= 11 is 0. The molecule has 26 heavy (non-hydrogen) atoms. The van der Waals surface area contributed by atoms with Crippen LogP contribution in [0.15, 0.2) is 53.7 Å². The van der Waals surface area contributed by atoms with Gasteiger partial charge in [0.05, 0.1) is 17.9 Å². The van der Waals surface area contributed by atoms with Crippen LogP contribution in [0.25, 0.3) is 0 Å². The van der Waals surface area contributed by atoms with Crippen molar-refractivity contribution < 1.29 is 23.6 Å². The second-order valence-corrected chi connectivity index (χ2v) is 5.63. The molecule has 2 aromatic rings. The van der Waals surface area contributed by atoms with Gasteiger partial charge in [0.15, 0.2) is 0 Å². The van der Waals surface area contributed by atoms with E-state index in [2.05, 4.69) is 10.5 Å². The van der Waals surface area contributed by atoms with Crippen LogP contribution < -0.4 is 5.32 Å². The fourth-order valence-electron chi connectivity index (χ4n) is 2.48. The first-order valence-corrected chi connectivity index (χ1v) is 8.13. The quantitative estimate of drug-likeness (QED) is 0.835. The molecule has 134 valence electrons. The van der Waals surface area contributed by atoms with Crippen LogP contribution in [0.1, 0.15) is 29.3 Å². The van der Waals surface area contributed by atoms with E-state index in [1.165, 1.54) is 12.1 Å². The van der Waals surface area contributed by atoms with Gasteiger partial charge in [-0.3, -0.25) is 4.79 Å². The fourth-order valence-corrected chi connectivity index (χ4v) is 2.48. The Labute approximate surface area is 149 Å². The van der Waals surface area contributed by atoms with E-state index in [1.54, 1.807) is 43.3 Å². The van der Waals surface area contributed by atoms with Crippen molar-refractivity contribution in [3.8, 4) is 0 Å². The van der Waals surface area contributed by atoms with Crippen LogP contribution in [-0.2, 0) is 14.4 Å². The number of hydrogen-bond acceptors (Lipinski definition) is 5. The predicted molar refractivity (Wildman–Crippen MR) is 93.5 cm³/mol. The van der Waals surface area contributed by atoms with Gasteiger partial charge in [-0.25, -0.2) is 9.18 Å². The highest BCUT2D eigenvalue weighted by Crippen LogP contribution is 2.19. The van der Waals surface area contributed by atoms with E-state index in [4.69, 9.17) is 9.57 Å². The molecule has 0 spiro atoms. The molecule has 1 N–H and O–H groups in total. The lowest BCUT2D eigenvalue weighted by atomic mass is 10.0. The van der Waals surface area contributed by atoms with Gasteiger partial charge in [-0.1, -0.05) is 17.3 Å². The van der Waals surface area contributed by atoms with Gasteiger partial charge in [0.25, 0.3) is 5.91 Å². The number of nitrogens with one attached hydrogen (secondary N) is 1. The van der Waals surface area contributed by atoms with Crippen LogP contribution in [-0.4, -0.2) is 30.3 Å². The molecule has 6 nitrogen and oxygen atoms in total. The Morgan fingerprint density at radius 2 is 2.04 bits per heavy atom. The largest absolute Gasteiger partial charge is 0.462 e. The van der Waals surface area contributed by atoms with Gasteiger partial charge in [-0.2, -0.15) is 0 Å². The van der Waals surface area contributed by atoms with Crippen LogP contribution in [0.2, 0.25) is 0 Å². The number of carbonyl (C=O) groups is 2. The molecular formula is C19H17FN2O4. The summed E-state index contributed by atoms with van der Waals surface area (Å²) in [5, 5.41) is 6.58. The zero-order valence-corrected chi connectivity index (χ0v) is 14.1. The van der Waals surface area contributed by atoms with E-state index < -0.39 is 12.1 Å². The maximum atomic E-state index is 13.3. The first-order chi connectivity index (χ1) is 12.6. The van der Waals surface area contributed by atoms with Crippen molar-refractivity contribution in [2.45, 2.75) is 19.4 Å². The molecule has 2 aromatic carbocycles. The van der Waals surface area contributed by atoms with Gasteiger partial charge >= 0.3 is 5.97 Å². The van der Waals surface area contributed by atoms with E-state index in [1.807, 2.05) is 0 Å². The fraction of sp³-hybridized carbons (Fsp3) is 0.211. The van der Waals surface area contributed by atoms with Gasteiger partial charge in [0, 0.05) is 17.7 Å². The Morgan fingerprint density at radius 1 is 1.27 bits per heavy atom. The summed E-state index contributed by atoms with van der Waals surface area (Å²) in [5.41, 5.74) is 2.02. The number of esters is 1. The van der Waals surface area contributed by atoms with Crippen molar-refractivity contribution in [3.05, 3.63) is 65.5 Å². The van der Waals surface area contributed by atoms with Crippen molar-refractivity contribution in [1.82, 2.24) is 0 Å². The van der Waals surface area contributed by atoms with Crippen LogP contribution in [0.3, 0.4) is 0 Å². The number of carbonyl (C=O) groups excluding carboxylic acids is 2. The third-order valence-corrected chi connectivity index (χ3v) is 3.78. The minimum Gasteiger partial charge on any atom is -0.462 e. The highest BCUT2D eigenvalue weighted by Gasteiger charge is 2.29. The monoisotopic (exact) mass is 356 g/mol. The molecule has 3 rings (SSSR count). The lowest BCUT2D eigenvalue weighted by Crippen LogP contribution is -2.28. The number of hydrogen-bond donors (Lipinski definition) is 1. The topological polar surface area (TPSA) is 77.0 Å².